The van der Waals surface area contributed by atoms with Crippen LogP contribution in [0.2, 0.25) is 0 Å². The topological polar surface area (TPSA) is 81.0 Å². The van der Waals surface area contributed by atoms with Gasteiger partial charge in [-0.05, 0) is 43.2 Å². The molecule has 0 spiro atoms. The average Bonchev–Trinajstić information content (AvgIpc) is 3.23. The van der Waals surface area contributed by atoms with E-state index in [1.807, 2.05) is 25.1 Å². The van der Waals surface area contributed by atoms with Gasteiger partial charge >= 0.3 is 0 Å². The van der Waals surface area contributed by atoms with Crippen LogP contribution in [0.5, 0.6) is 11.5 Å². The zero-order valence-electron chi connectivity index (χ0n) is 16.0. The summed E-state index contributed by atoms with van der Waals surface area (Å²) in [5.41, 5.74) is 0.967. The summed E-state index contributed by atoms with van der Waals surface area (Å²) in [6, 6.07) is 8.88. The monoisotopic (exact) mass is 374 g/mol. The summed E-state index contributed by atoms with van der Waals surface area (Å²) in [5, 5.41) is 2.74. The van der Waals surface area contributed by atoms with Gasteiger partial charge in [0.1, 0.15) is 0 Å². The number of nitrogens with one attached hydrogen (secondary N) is 1. The van der Waals surface area contributed by atoms with Gasteiger partial charge in [-0.25, -0.2) is 0 Å². The van der Waals surface area contributed by atoms with Crippen LogP contribution in [-0.2, 0) is 11.3 Å². The molecule has 2 amide bonds. The summed E-state index contributed by atoms with van der Waals surface area (Å²) in [5.74, 6) is 1.33. The van der Waals surface area contributed by atoms with Gasteiger partial charge in [0.25, 0.3) is 5.91 Å². The Kier molecular flexibility index (Phi) is 7.73. The maximum absolute atomic E-state index is 12.5. The molecule has 27 heavy (non-hydrogen) atoms. The van der Waals surface area contributed by atoms with Crippen LogP contribution >= 0.6 is 0 Å². The van der Waals surface area contributed by atoms with Crippen LogP contribution in [0.25, 0.3) is 0 Å². The van der Waals surface area contributed by atoms with Crippen LogP contribution in [0.1, 0.15) is 35.9 Å². The lowest BCUT2D eigenvalue weighted by Crippen LogP contribution is -2.31. The molecule has 1 N–H and O–H groups in total. The lowest BCUT2D eigenvalue weighted by atomic mass is 10.1. The zero-order chi connectivity index (χ0) is 19.6. The molecule has 2 rings (SSSR count). The molecule has 146 valence electrons. The molecular weight excluding hydrogens is 348 g/mol. The predicted octanol–water partition coefficient (Wildman–Crippen LogP) is 2.86. The second-order valence-electron chi connectivity index (χ2n) is 5.93. The lowest BCUT2D eigenvalue weighted by molar-refractivity contribution is -0.131. The summed E-state index contributed by atoms with van der Waals surface area (Å²) in [6.07, 6.45) is 2.37. The van der Waals surface area contributed by atoms with Crippen LogP contribution in [0, 0.1) is 0 Å². The number of amides is 2. The molecule has 0 bridgehead atoms. The van der Waals surface area contributed by atoms with E-state index in [0.29, 0.717) is 44.0 Å². The molecule has 0 fully saturated rings. The first-order valence-corrected chi connectivity index (χ1v) is 8.89. The van der Waals surface area contributed by atoms with Crippen molar-refractivity contribution in [2.24, 2.45) is 0 Å². The molecule has 0 aliphatic heterocycles. The van der Waals surface area contributed by atoms with Crippen molar-refractivity contribution in [3.05, 3.63) is 47.9 Å². The first-order chi connectivity index (χ1) is 13.1. The Morgan fingerprint density at radius 3 is 2.56 bits per heavy atom. The summed E-state index contributed by atoms with van der Waals surface area (Å²) in [4.78, 5) is 26.0. The fraction of sp³-hybridized carbons (Fsp3) is 0.400. The van der Waals surface area contributed by atoms with Gasteiger partial charge in [0, 0.05) is 26.1 Å². The summed E-state index contributed by atoms with van der Waals surface area (Å²) in [6.45, 7) is 3.46. The Morgan fingerprint density at radius 2 is 1.93 bits per heavy atom. The highest BCUT2D eigenvalue weighted by molar-refractivity contribution is 5.91. The zero-order valence-corrected chi connectivity index (χ0v) is 16.0. The van der Waals surface area contributed by atoms with E-state index in [-0.39, 0.29) is 17.6 Å². The number of hydrogen-bond acceptors (Lipinski definition) is 5. The molecule has 0 aliphatic rings. The van der Waals surface area contributed by atoms with E-state index in [1.165, 1.54) is 6.26 Å². The number of rotatable bonds is 10. The Labute approximate surface area is 159 Å². The fourth-order valence-corrected chi connectivity index (χ4v) is 2.67. The van der Waals surface area contributed by atoms with E-state index in [4.69, 9.17) is 13.9 Å². The number of ether oxygens (including phenoxy) is 2. The van der Waals surface area contributed by atoms with Crippen molar-refractivity contribution in [2.75, 3.05) is 27.3 Å². The maximum atomic E-state index is 12.5. The van der Waals surface area contributed by atoms with Gasteiger partial charge in [0.05, 0.1) is 20.5 Å². The van der Waals surface area contributed by atoms with Crippen molar-refractivity contribution < 1.29 is 23.5 Å². The largest absolute Gasteiger partial charge is 0.493 e. The number of hydrogen-bond donors (Lipinski definition) is 1. The van der Waals surface area contributed by atoms with Crippen molar-refractivity contribution in [1.29, 1.82) is 0 Å². The average molecular weight is 374 g/mol. The Balaban J connectivity index is 1.82. The van der Waals surface area contributed by atoms with Crippen LogP contribution in [0.3, 0.4) is 0 Å². The second kappa shape index (κ2) is 10.3. The van der Waals surface area contributed by atoms with Crippen LogP contribution in [-0.4, -0.2) is 44.0 Å². The van der Waals surface area contributed by atoms with E-state index < -0.39 is 0 Å². The first-order valence-electron chi connectivity index (χ1n) is 8.89. The summed E-state index contributed by atoms with van der Waals surface area (Å²) >= 11 is 0. The molecule has 0 unspecified atom stereocenters. The third-order valence-corrected chi connectivity index (χ3v) is 4.15. The van der Waals surface area contributed by atoms with Gasteiger partial charge in [-0.3, -0.25) is 9.59 Å². The highest BCUT2D eigenvalue weighted by Crippen LogP contribution is 2.28. The Morgan fingerprint density at radius 1 is 1.15 bits per heavy atom. The number of benzene rings is 1. The molecule has 1 heterocycles. The van der Waals surface area contributed by atoms with E-state index in [0.717, 1.165) is 5.56 Å². The molecule has 0 aliphatic carbocycles. The third kappa shape index (κ3) is 5.77. The number of carbonyl (C=O) groups is 2. The number of nitrogens with zero attached hydrogens (tertiary/aromatic N) is 1. The molecule has 1 aromatic carbocycles. The van der Waals surface area contributed by atoms with Crippen LogP contribution in [0.4, 0.5) is 0 Å². The molecule has 7 heteroatoms. The number of furan rings is 1. The highest BCUT2D eigenvalue weighted by atomic mass is 16.5. The molecule has 2 aromatic rings. The number of methoxy groups -OCH3 is 2. The maximum Gasteiger partial charge on any atom is 0.286 e. The molecule has 0 saturated carbocycles. The van der Waals surface area contributed by atoms with Gasteiger partial charge in [0.2, 0.25) is 5.91 Å². The third-order valence-electron chi connectivity index (χ3n) is 4.15. The van der Waals surface area contributed by atoms with Crippen molar-refractivity contribution >= 4 is 11.8 Å². The summed E-state index contributed by atoms with van der Waals surface area (Å²) in [7, 11) is 3.17. The Bertz CT molecular complexity index is 743. The minimum absolute atomic E-state index is 0.0412. The van der Waals surface area contributed by atoms with Gasteiger partial charge in [0.15, 0.2) is 17.3 Å². The van der Waals surface area contributed by atoms with E-state index in [9.17, 15) is 9.59 Å². The van der Waals surface area contributed by atoms with Crippen molar-refractivity contribution in [2.45, 2.75) is 26.3 Å². The van der Waals surface area contributed by atoms with E-state index in [1.54, 1.807) is 31.3 Å². The van der Waals surface area contributed by atoms with Gasteiger partial charge in [-0.1, -0.05) is 6.07 Å². The minimum Gasteiger partial charge on any atom is -0.493 e. The van der Waals surface area contributed by atoms with E-state index >= 15 is 0 Å². The van der Waals surface area contributed by atoms with Crippen LogP contribution < -0.4 is 14.8 Å². The SMILES string of the molecule is CCN(Cc1ccc(OC)c(OC)c1)C(=O)CCCNC(=O)c1ccco1. The molecule has 1 aromatic heterocycles. The van der Waals surface area contributed by atoms with E-state index in [2.05, 4.69) is 5.32 Å². The minimum atomic E-state index is -0.273. The van der Waals surface area contributed by atoms with Crippen molar-refractivity contribution in [3.8, 4) is 11.5 Å². The van der Waals surface area contributed by atoms with Gasteiger partial charge in [-0.2, -0.15) is 0 Å². The highest BCUT2D eigenvalue weighted by Gasteiger charge is 2.14. The standard InChI is InChI=1S/C20H26N2O5/c1-4-22(14-15-9-10-16(25-2)18(13-15)26-3)19(23)8-5-11-21-20(24)17-7-6-12-27-17/h6-7,9-10,12-13H,4-5,8,11,14H2,1-3H3,(H,21,24). The van der Waals surface area contributed by atoms with Gasteiger partial charge < -0.3 is 24.1 Å². The summed E-state index contributed by atoms with van der Waals surface area (Å²) < 4.78 is 15.6. The molecule has 7 nitrogen and oxygen atoms in total. The first kappa shape index (κ1) is 20.4. The molecule has 0 atom stereocenters. The smallest absolute Gasteiger partial charge is 0.286 e. The number of carbonyl (C=O) groups excluding carboxylic acids is 2. The quantitative estimate of drug-likeness (QED) is 0.647. The van der Waals surface area contributed by atoms with Crippen LogP contribution in [0.15, 0.2) is 41.0 Å². The molecular formula is C20H26N2O5. The van der Waals surface area contributed by atoms with Crippen molar-refractivity contribution in [3.63, 3.8) is 0 Å². The fourth-order valence-electron chi connectivity index (χ4n) is 2.67. The molecule has 0 saturated heterocycles. The lowest BCUT2D eigenvalue weighted by Gasteiger charge is -2.21. The van der Waals surface area contributed by atoms with Gasteiger partial charge in [-0.15, -0.1) is 0 Å². The van der Waals surface area contributed by atoms with Crippen molar-refractivity contribution in [1.82, 2.24) is 10.2 Å². The second-order valence-corrected chi connectivity index (χ2v) is 5.93. The normalized spacial score (nSPS) is 10.3. The Hall–Kier alpha value is -2.96. The predicted molar refractivity (Wildman–Crippen MR) is 101 cm³/mol. The molecule has 0 radical (unpaired) electrons.